The first kappa shape index (κ1) is 32.5. The molecular formula is C23H26F6N4O7. The Balaban J connectivity index is 0.000000333. The van der Waals surface area contributed by atoms with E-state index >= 15 is 0 Å². The van der Waals surface area contributed by atoms with Gasteiger partial charge in [-0.15, -0.1) is 0 Å². The predicted molar refractivity (Wildman–Crippen MR) is 122 cm³/mol. The van der Waals surface area contributed by atoms with Crippen LogP contribution in [0.5, 0.6) is 0 Å². The number of hydrogen-bond acceptors (Lipinski definition) is 7. The Bertz CT molecular complexity index is 1100. The molecule has 2 aliphatic rings. The van der Waals surface area contributed by atoms with Crippen LogP contribution in [-0.2, 0) is 32.0 Å². The Hall–Kier alpha value is -3.73. The lowest BCUT2D eigenvalue weighted by Crippen LogP contribution is -2.32. The number of carboxylic acids is 2. The summed E-state index contributed by atoms with van der Waals surface area (Å²) in [5.74, 6) is -5.09. The van der Waals surface area contributed by atoms with Gasteiger partial charge in [0, 0.05) is 38.7 Å². The monoisotopic (exact) mass is 584 g/mol. The molecule has 1 fully saturated rings. The standard InChI is InChI=1S/C19H24N4O3.2C2HF3O2/c24-19(16-3-1-2-7-20-16)21-11-17-18-15(6-10-26-17)13-23(22-18)12-14-4-8-25-9-5-14;2*3-2(4,5)1(6)7/h1-3,7,13-14,17H,4-6,8-12H2,(H,21,24);2*(H,6,7). The summed E-state index contributed by atoms with van der Waals surface area (Å²) in [7, 11) is 0. The first-order valence-corrected chi connectivity index (χ1v) is 11.7. The molecule has 2 aromatic heterocycles. The third-order valence-corrected chi connectivity index (χ3v) is 5.48. The zero-order valence-corrected chi connectivity index (χ0v) is 20.7. The van der Waals surface area contributed by atoms with Gasteiger partial charge in [-0.2, -0.15) is 31.4 Å². The van der Waals surface area contributed by atoms with Gasteiger partial charge in [0.25, 0.3) is 5.91 Å². The average Bonchev–Trinajstić information content (AvgIpc) is 3.31. The minimum Gasteiger partial charge on any atom is -0.475 e. The van der Waals surface area contributed by atoms with Crippen LogP contribution in [0.1, 0.15) is 40.7 Å². The van der Waals surface area contributed by atoms with Gasteiger partial charge in [-0.1, -0.05) is 6.07 Å². The van der Waals surface area contributed by atoms with Crippen molar-refractivity contribution in [1.82, 2.24) is 20.1 Å². The summed E-state index contributed by atoms with van der Waals surface area (Å²) in [6, 6.07) is 5.29. The number of aromatic nitrogens is 3. The molecule has 0 aromatic carbocycles. The van der Waals surface area contributed by atoms with Gasteiger partial charge in [0.15, 0.2) is 0 Å². The molecule has 2 aliphatic heterocycles. The number of ether oxygens (including phenoxy) is 2. The summed E-state index contributed by atoms with van der Waals surface area (Å²) in [5.41, 5.74) is 2.58. The summed E-state index contributed by atoms with van der Waals surface area (Å²) in [5, 5.41) is 21.9. The quantitative estimate of drug-likeness (QED) is 0.450. The first-order valence-electron chi connectivity index (χ1n) is 11.7. The number of rotatable bonds is 5. The minimum atomic E-state index is -5.08. The normalized spacial score (nSPS) is 17.3. The molecule has 0 aliphatic carbocycles. The van der Waals surface area contributed by atoms with Crippen molar-refractivity contribution in [3.8, 4) is 0 Å². The Morgan fingerprint density at radius 3 is 2.12 bits per heavy atom. The molecule has 3 N–H and O–H groups in total. The molecule has 17 heteroatoms. The van der Waals surface area contributed by atoms with E-state index in [9.17, 15) is 31.1 Å². The second kappa shape index (κ2) is 14.6. The zero-order chi connectivity index (χ0) is 29.9. The second-order valence-corrected chi connectivity index (χ2v) is 8.46. The van der Waals surface area contributed by atoms with E-state index in [1.165, 1.54) is 5.56 Å². The first-order chi connectivity index (χ1) is 18.7. The number of halogens is 6. The molecule has 0 saturated carbocycles. The molecule has 4 heterocycles. The molecular weight excluding hydrogens is 558 g/mol. The van der Waals surface area contributed by atoms with Gasteiger partial charge in [-0.3, -0.25) is 14.5 Å². The van der Waals surface area contributed by atoms with E-state index < -0.39 is 24.3 Å². The smallest absolute Gasteiger partial charge is 0.475 e. The molecule has 1 amide bonds. The molecule has 0 spiro atoms. The van der Waals surface area contributed by atoms with Crippen molar-refractivity contribution in [3.63, 3.8) is 0 Å². The molecule has 11 nitrogen and oxygen atoms in total. The summed E-state index contributed by atoms with van der Waals surface area (Å²) in [4.78, 5) is 34.1. The molecule has 222 valence electrons. The zero-order valence-electron chi connectivity index (χ0n) is 20.7. The number of aliphatic carboxylic acids is 2. The van der Waals surface area contributed by atoms with Gasteiger partial charge in [0.2, 0.25) is 0 Å². The van der Waals surface area contributed by atoms with E-state index in [-0.39, 0.29) is 12.0 Å². The van der Waals surface area contributed by atoms with E-state index in [1.54, 1.807) is 24.4 Å². The number of carbonyl (C=O) groups excluding carboxylic acids is 1. The van der Waals surface area contributed by atoms with Crippen LogP contribution in [0.25, 0.3) is 0 Å². The van der Waals surface area contributed by atoms with Crippen LogP contribution in [0.4, 0.5) is 26.3 Å². The highest BCUT2D eigenvalue weighted by Crippen LogP contribution is 2.26. The van der Waals surface area contributed by atoms with Gasteiger partial charge < -0.3 is 25.0 Å². The maximum atomic E-state index is 12.2. The van der Waals surface area contributed by atoms with Crippen molar-refractivity contribution in [2.75, 3.05) is 26.4 Å². The fraction of sp³-hybridized carbons (Fsp3) is 0.522. The Morgan fingerprint density at radius 1 is 1.00 bits per heavy atom. The molecule has 1 atom stereocenters. The van der Waals surface area contributed by atoms with Crippen molar-refractivity contribution in [2.45, 2.75) is 44.3 Å². The predicted octanol–water partition coefficient (Wildman–Crippen LogP) is 3.02. The second-order valence-electron chi connectivity index (χ2n) is 8.46. The van der Waals surface area contributed by atoms with Gasteiger partial charge in [-0.25, -0.2) is 9.59 Å². The summed E-state index contributed by atoms with van der Waals surface area (Å²) >= 11 is 0. The third kappa shape index (κ3) is 10.8. The number of fused-ring (bicyclic) bond motifs is 1. The van der Waals surface area contributed by atoms with Crippen LogP contribution >= 0.6 is 0 Å². The van der Waals surface area contributed by atoms with E-state index in [2.05, 4.69) is 16.5 Å². The molecule has 2 aromatic rings. The number of nitrogens with one attached hydrogen (secondary N) is 1. The highest BCUT2D eigenvalue weighted by atomic mass is 19.4. The number of hydrogen-bond donors (Lipinski definition) is 3. The molecule has 1 unspecified atom stereocenters. The van der Waals surface area contributed by atoms with E-state index in [0.29, 0.717) is 24.8 Å². The topological polar surface area (TPSA) is 153 Å². The number of amides is 1. The Morgan fingerprint density at radius 2 is 1.60 bits per heavy atom. The van der Waals surface area contributed by atoms with Crippen LogP contribution in [0.2, 0.25) is 0 Å². The SMILES string of the molecule is O=C(NCC1OCCc2cn(CC3CCOCC3)nc21)c1ccccn1.O=C(O)C(F)(F)F.O=C(O)C(F)(F)F. The largest absolute Gasteiger partial charge is 0.490 e. The Kier molecular flexibility index (Phi) is 11.9. The fourth-order valence-corrected chi connectivity index (χ4v) is 3.55. The third-order valence-electron chi connectivity index (χ3n) is 5.48. The summed E-state index contributed by atoms with van der Waals surface area (Å²) in [6.45, 7) is 3.66. The van der Waals surface area contributed by atoms with Crippen molar-refractivity contribution in [3.05, 3.63) is 47.5 Å². The minimum absolute atomic E-state index is 0.192. The Labute approximate surface area is 223 Å². The number of nitrogens with zero attached hydrogens (tertiary/aromatic N) is 3. The van der Waals surface area contributed by atoms with Crippen molar-refractivity contribution in [1.29, 1.82) is 0 Å². The number of carbonyl (C=O) groups is 3. The highest BCUT2D eigenvalue weighted by molar-refractivity contribution is 5.92. The van der Waals surface area contributed by atoms with Crippen LogP contribution in [0, 0.1) is 5.92 Å². The van der Waals surface area contributed by atoms with Crippen molar-refractivity contribution >= 4 is 17.8 Å². The number of pyridine rings is 1. The maximum absolute atomic E-state index is 12.2. The molecule has 0 radical (unpaired) electrons. The summed E-state index contributed by atoms with van der Waals surface area (Å²) < 4.78 is 76.8. The van der Waals surface area contributed by atoms with E-state index in [4.69, 9.17) is 34.4 Å². The van der Waals surface area contributed by atoms with Crippen LogP contribution in [0.15, 0.2) is 30.6 Å². The van der Waals surface area contributed by atoms with Crippen LogP contribution in [0.3, 0.4) is 0 Å². The van der Waals surface area contributed by atoms with E-state index in [0.717, 1.165) is 44.7 Å². The molecule has 40 heavy (non-hydrogen) atoms. The van der Waals surface area contributed by atoms with Gasteiger partial charge in [0.05, 0.1) is 12.3 Å². The van der Waals surface area contributed by atoms with Gasteiger partial charge in [0.1, 0.15) is 11.8 Å². The number of carboxylic acid groups (broad SMARTS) is 2. The van der Waals surface area contributed by atoms with Crippen LogP contribution in [-0.4, -0.2) is 81.5 Å². The van der Waals surface area contributed by atoms with Crippen molar-refractivity contribution < 1.29 is 60.4 Å². The fourth-order valence-electron chi connectivity index (χ4n) is 3.55. The molecule has 0 bridgehead atoms. The lowest BCUT2D eigenvalue weighted by molar-refractivity contribution is -0.193. The number of alkyl halides is 6. The molecule has 1 saturated heterocycles. The summed E-state index contributed by atoms with van der Waals surface area (Å²) in [6.07, 6.45) is -3.58. The van der Waals surface area contributed by atoms with Crippen LogP contribution < -0.4 is 5.32 Å². The van der Waals surface area contributed by atoms with E-state index in [1.807, 2.05) is 4.68 Å². The lowest BCUT2D eigenvalue weighted by atomic mass is 10.0. The van der Waals surface area contributed by atoms with Crippen molar-refractivity contribution in [2.24, 2.45) is 5.92 Å². The average molecular weight is 584 g/mol. The maximum Gasteiger partial charge on any atom is 0.490 e. The van der Waals surface area contributed by atoms with Gasteiger partial charge >= 0.3 is 24.3 Å². The van der Waals surface area contributed by atoms with Gasteiger partial charge in [-0.05, 0) is 42.9 Å². The highest BCUT2D eigenvalue weighted by Gasteiger charge is 2.39. The lowest BCUT2D eigenvalue weighted by Gasteiger charge is -2.22. The molecule has 4 rings (SSSR count).